The van der Waals surface area contributed by atoms with E-state index in [2.05, 4.69) is 9.72 Å². The van der Waals surface area contributed by atoms with Crippen molar-refractivity contribution in [3.8, 4) is 0 Å². The topological polar surface area (TPSA) is 102 Å². The molecule has 0 saturated carbocycles. The number of rotatable bonds is 4. The lowest BCUT2D eigenvalue weighted by atomic mass is 10.2. The Balaban J connectivity index is 2.30. The van der Waals surface area contributed by atoms with Crippen LogP contribution >= 0.6 is 11.3 Å². The number of amides is 1. The fraction of sp³-hybridized carbons (Fsp3) is 0.214. The summed E-state index contributed by atoms with van der Waals surface area (Å²) in [6.07, 6.45) is 0. The molecule has 0 unspecified atom stereocenters. The van der Waals surface area contributed by atoms with Crippen molar-refractivity contribution < 1.29 is 22.7 Å². The second-order valence-electron chi connectivity index (χ2n) is 4.60. The third kappa shape index (κ3) is 3.74. The molecule has 1 amide bonds. The molecule has 9 heteroatoms. The van der Waals surface area contributed by atoms with E-state index in [1.165, 1.54) is 25.3 Å². The minimum Gasteiger partial charge on any atom is -0.465 e. The fourth-order valence-corrected chi connectivity index (χ4v) is 3.76. The number of carbonyl (C=O) groups is 2. The number of methoxy groups -OCH3 is 1. The lowest BCUT2D eigenvalue weighted by Gasteiger charge is -2.07. The predicted octanol–water partition coefficient (Wildman–Crippen LogP) is 1.67. The van der Waals surface area contributed by atoms with Gasteiger partial charge in [-0.2, -0.15) is 0 Å². The van der Waals surface area contributed by atoms with Crippen LogP contribution in [0, 0.1) is 13.8 Å². The Kier molecular flexibility index (Phi) is 4.81. The quantitative estimate of drug-likeness (QED) is 0.838. The highest BCUT2D eigenvalue weighted by atomic mass is 32.2. The number of aryl methyl sites for hydroxylation is 2. The third-order valence-corrected chi connectivity index (χ3v) is 5.30. The maximum Gasteiger partial charge on any atom is 0.337 e. The molecule has 0 aliphatic carbocycles. The van der Waals surface area contributed by atoms with E-state index in [1.54, 1.807) is 13.8 Å². The van der Waals surface area contributed by atoms with Crippen molar-refractivity contribution in [2.24, 2.45) is 0 Å². The summed E-state index contributed by atoms with van der Waals surface area (Å²) < 4.78 is 31.1. The van der Waals surface area contributed by atoms with Crippen molar-refractivity contribution in [1.82, 2.24) is 9.71 Å². The van der Waals surface area contributed by atoms with E-state index in [-0.39, 0.29) is 15.3 Å². The van der Waals surface area contributed by atoms with E-state index in [0.717, 1.165) is 17.4 Å². The Morgan fingerprint density at radius 1 is 1.26 bits per heavy atom. The van der Waals surface area contributed by atoms with Crippen molar-refractivity contribution in [1.29, 1.82) is 0 Å². The monoisotopic (exact) mass is 354 g/mol. The van der Waals surface area contributed by atoms with Gasteiger partial charge in [0.15, 0.2) is 0 Å². The number of carbonyl (C=O) groups excluding carboxylic acids is 2. The van der Waals surface area contributed by atoms with E-state index in [1.807, 2.05) is 4.72 Å². The van der Waals surface area contributed by atoms with Crippen LogP contribution in [0.2, 0.25) is 0 Å². The van der Waals surface area contributed by atoms with Crippen LogP contribution in [-0.2, 0) is 14.8 Å². The third-order valence-electron chi connectivity index (χ3n) is 2.90. The first-order valence-corrected chi connectivity index (χ1v) is 8.74. The van der Waals surface area contributed by atoms with E-state index >= 15 is 0 Å². The van der Waals surface area contributed by atoms with Crippen LogP contribution in [-0.4, -0.2) is 32.4 Å². The van der Waals surface area contributed by atoms with Crippen LogP contribution in [0.25, 0.3) is 0 Å². The Labute approximate surface area is 137 Å². The predicted molar refractivity (Wildman–Crippen MR) is 84.0 cm³/mol. The summed E-state index contributed by atoms with van der Waals surface area (Å²) in [4.78, 5) is 27.7. The molecule has 0 atom stereocenters. The van der Waals surface area contributed by atoms with Gasteiger partial charge >= 0.3 is 5.97 Å². The first kappa shape index (κ1) is 17.1. The Morgan fingerprint density at radius 2 is 1.96 bits per heavy atom. The van der Waals surface area contributed by atoms with Gasteiger partial charge < -0.3 is 4.74 Å². The molecule has 0 saturated heterocycles. The van der Waals surface area contributed by atoms with Gasteiger partial charge in [-0.3, -0.25) is 4.79 Å². The van der Waals surface area contributed by atoms with Gasteiger partial charge in [-0.1, -0.05) is 6.07 Å². The average Bonchev–Trinajstić information content (AvgIpc) is 2.85. The largest absolute Gasteiger partial charge is 0.465 e. The highest BCUT2D eigenvalue weighted by Crippen LogP contribution is 2.18. The van der Waals surface area contributed by atoms with Crippen LogP contribution in [0.5, 0.6) is 0 Å². The van der Waals surface area contributed by atoms with Gasteiger partial charge in [0.05, 0.1) is 28.3 Å². The fourth-order valence-electron chi connectivity index (χ4n) is 1.88. The van der Waals surface area contributed by atoms with Crippen LogP contribution in [0.3, 0.4) is 0 Å². The number of hydrogen-bond donors (Lipinski definition) is 1. The summed E-state index contributed by atoms with van der Waals surface area (Å²) in [6.45, 7) is 3.35. The minimum absolute atomic E-state index is 0.0765. The van der Waals surface area contributed by atoms with Crippen LogP contribution < -0.4 is 4.72 Å². The number of hydrogen-bond acceptors (Lipinski definition) is 7. The van der Waals surface area contributed by atoms with Crippen LogP contribution in [0.4, 0.5) is 0 Å². The van der Waals surface area contributed by atoms with Crippen molar-refractivity contribution in [3.05, 3.63) is 45.4 Å². The maximum atomic E-state index is 12.3. The highest BCUT2D eigenvalue weighted by molar-refractivity contribution is 7.90. The second-order valence-corrected chi connectivity index (χ2v) is 7.49. The van der Waals surface area contributed by atoms with E-state index < -0.39 is 21.9 Å². The van der Waals surface area contributed by atoms with Gasteiger partial charge in [-0.05, 0) is 32.0 Å². The van der Waals surface area contributed by atoms with Crippen LogP contribution in [0.15, 0.2) is 29.2 Å². The molecule has 0 radical (unpaired) electrons. The summed E-state index contributed by atoms with van der Waals surface area (Å²) >= 11 is 1.11. The summed E-state index contributed by atoms with van der Waals surface area (Å²) in [6, 6.07) is 5.25. The molecule has 0 aliphatic heterocycles. The van der Waals surface area contributed by atoms with Gasteiger partial charge in [0.1, 0.15) is 4.88 Å². The summed E-state index contributed by atoms with van der Waals surface area (Å²) in [5.41, 5.74) is 0.538. The number of benzene rings is 1. The standard InChI is InChI=1S/C14H14N2O5S2/c1-8-12(22-9(2)15-8)13(17)16-23(19,20)11-6-4-5-10(7-11)14(18)21-3/h4-7H,1-3H3,(H,16,17). The van der Waals surface area contributed by atoms with Crippen molar-refractivity contribution in [2.45, 2.75) is 18.7 Å². The van der Waals surface area contributed by atoms with Crippen molar-refractivity contribution >= 4 is 33.2 Å². The number of esters is 1. The first-order chi connectivity index (χ1) is 10.7. The average molecular weight is 354 g/mol. The zero-order valence-electron chi connectivity index (χ0n) is 12.6. The number of nitrogens with zero attached hydrogens (tertiary/aromatic N) is 1. The lowest BCUT2D eigenvalue weighted by molar-refractivity contribution is 0.0600. The van der Waals surface area contributed by atoms with Crippen LogP contribution in [0.1, 0.15) is 30.7 Å². The molecule has 0 fully saturated rings. The molecule has 7 nitrogen and oxygen atoms in total. The molecule has 2 aromatic rings. The minimum atomic E-state index is -4.11. The SMILES string of the molecule is COC(=O)c1cccc(S(=O)(=O)NC(=O)c2sc(C)nc2C)c1. The summed E-state index contributed by atoms with van der Waals surface area (Å²) in [5, 5.41) is 0.665. The zero-order valence-corrected chi connectivity index (χ0v) is 14.2. The Morgan fingerprint density at radius 3 is 2.52 bits per heavy atom. The molecule has 0 bridgehead atoms. The first-order valence-electron chi connectivity index (χ1n) is 6.44. The summed E-state index contributed by atoms with van der Waals surface area (Å²) in [7, 11) is -2.91. The number of sulfonamides is 1. The molecular formula is C14H14N2O5S2. The molecule has 1 aromatic carbocycles. The molecule has 2 rings (SSSR count). The second kappa shape index (κ2) is 6.47. The molecule has 0 aliphatic rings. The molecule has 122 valence electrons. The molecular weight excluding hydrogens is 340 g/mol. The molecule has 0 spiro atoms. The molecule has 1 N–H and O–H groups in total. The van der Waals surface area contributed by atoms with Gasteiger partial charge in [0.2, 0.25) is 0 Å². The van der Waals surface area contributed by atoms with Crippen molar-refractivity contribution in [3.63, 3.8) is 0 Å². The lowest BCUT2D eigenvalue weighted by Crippen LogP contribution is -2.30. The molecule has 1 aromatic heterocycles. The molecule has 23 heavy (non-hydrogen) atoms. The van der Waals surface area contributed by atoms with E-state index in [4.69, 9.17) is 0 Å². The maximum absolute atomic E-state index is 12.3. The number of thiazole rings is 1. The van der Waals surface area contributed by atoms with E-state index in [0.29, 0.717) is 10.7 Å². The van der Waals surface area contributed by atoms with Gasteiger partial charge in [-0.15, -0.1) is 11.3 Å². The zero-order chi connectivity index (χ0) is 17.2. The Bertz CT molecular complexity index is 871. The van der Waals surface area contributed by atoms with Gasteiger partial charge in [0.25, 0.3) is 15.9 Å². The number of nitrogens with one attached hydrogen (secondary N) is 1. The van der Waals surface area contributed by atoms with Gasteiger partial charge in [0, 0.05) is 0 Å². The van der Waals surface area contributed by atoms with Crippen molar-refractivity contribution in [2.75, 3.05) is 7.11 Å². The van der Waals surface area contributed by atoms with E-state index in [9.17, 15) is 18.0 Å². The number of ether oxygens (including phenoxy) is 1. The normalized spacial score (nSPS) is 11.1. The molecule has 1 heterocycles. The number of aromatic nitrogens is 1. The highest BCUT2D eigenvalue weighted by Gasteiger charge is 2.22. The summed E-state index contributed by atoms with van der Waals surface area (Å²) in [5.74, 6) is -1.42. The van der Waals surface area contributed by atoms with Gasteiger partial charge in [-0.25, -0.2) is 22.9 Å². The Hall–Kier alpha value is -2.26. The smallest absolute Gasteiger partial charge is 0.337 e.